The zero-order chi connectivity index (χ0) is 28.9. The molecule has 0 bridgehead atoms. The van der Waals surface area contributed by atoms with Crippen LogP contribution in [0.15, 0.2) is 47.4 Å². The number of nitrogens with zero attached hydrogens (tertiary/aromatic N) is 2. The molecular weight excluding hydrogens is 516 g/mol. The second kappa shape index (κ2) is 10.1. The van der Waals surface area contributed by atoms with Crippen molar-refractivity contribution in [1.29, 1.82) is 0 Å². The normalized spacial score (nSPS) is 15.2. The highest BCUT2D eigenvalue weighted by molar-refractivity contribution is 5.98. The maximum Gasteiger partial charge on any atom is 0.306 e. The van der Waals surface area contributed by atoms with E-state index in [9.17, 15) is 29.7 Å². The van der Waals surface area contributed by atoms with Crippen molar-refractivity contribution in [2.45, 2.75) is 38.9 Å². The zero-order valence-corrected chi connectivity index (χ0v) is 22.4. The Morgan fingerprint density at radius 2 is 1.88 bits per heavy atom. The van der Waals surface area contributed by atoms with Gasteiger partial charge in [-0.3, -0.25) is 19.4 Å². The van der Waals surface area contributed by atoms with Crippen molar-refractivity contribution in [1.82, 2.24) is 9.55 Å². The number of para-hydroxylation sites is 1. The van der Waals surface area contributed by atoms with Gasteiger partial charge < -0.3 is 29.4 Å². The minimum absolute atomic E-state index is 0.0860. The first-order chi connectivity index (χ1) is 19.0. The fraction of sp³-hybridized carbons (Fsp3) is 0.267. The lowest BCUT2D eigenvalue weighted by Crippen LogP contribution is -2.26. The molecule has 0 radical (unpaired) electrons. The summed E-state index contributed by atoms with van der Waals surface area (Å²) in [6, 6.07) is 10.1. The first-order valence-corrected chi connectivity index (χ1v) is 12.6. The summed E-state index contributed by atoms with van der Waals surface area (Å²) in [6.07, 6.45) is 0.142. The molecule has 10 nitrogen and oxygen atoms in total. The smallest absolute Gasteiger partial charge is 0.306 e. The fourth-order valence-electron chi connectivity index (χ4n) is 5.38. The van der Waals surface area contributed by atoms with Crippen molar-refractivity contribution in [2.75, 3.05) is 7.11 Å². The molecule has 5 rings (SSSR count). The lowest BCUT2D eigenvalue weighted by Gasteiger charge is -2.25. The number of esters is 1. The number of rotatable bonds is 6. The number of aromatic hydroxyl groups is 3. The van der Waals surface area contributed by atoms with E-state index < -0.39 is 47.3 Å². The minimum Gasteiger partial charge on any atom is -0.507 e. The Balaban J connectivity index is 1.82. The number of phenols is 2. The Kier molecular flexibility index (Phi) is 6.80. The predicted molar refractivity (Wildman–Crippen MR) is 145 cm³/mol. The van der Waals surface area contributed by atoms with E-state index in [1.54, 1.807) is 50.5 Å². The largest absolute Gasteiger partial charge is 0.507 e. The molecule has 1 aliphatic heterocycles. The summed E-state index contributed by atoms with van der Waals surface area (Å²) in [7, 11) is 2.78. The predicted octanol–water partition coefficient (Wildman–Crippen LogP) is 3.88. The molecule has 3 N–H and O–H groups in total. The number of carbonyl (C=O) groups is 2. The highest BCUT2D eigenvalue weighted by Crippen LogP contribution is 2.50. The van der Waals surface area contributed by atoms with Crippen molar-refractivity contribution < 1.29 is 34.4 Å². The highest BCUT2D eigenvalue weighted by Gasteiger charge is 2.37. The Labute approximate surface area is 229 Å². The number of phenolic OH excluding ortho intramolecular Hbond substituents is 2. The van der Waals surface area contributed by atoms with Crippen LogP contribution in [-0.2, 0) is 27.9 Å². The summed E-state index contributed by atoms with van der Waals surface area (Å²) in [5.74, 6) is -3.56. The topological polar surface area (TPSA) is 148 Å². The first-order valence-electron chi connectivity index (χ1n) is 12.6. The molecule has 0 saturated carbocycles. The van der Waals surface area contributed by atoms with E-state index in [2.05, 4.69) is 4.98 Å². The third kappa shape index (κ3) is 4.26. The summed E-state index contributed by atoms with van der Waals surface area (Å²) >= 11 is 0. The fourth-order valence-corrected chi connectivity index (χ4v) is 5.38. The zero-order valence-electron chi connectivity index (χ0n) is 22.4. The average molecular weight is 545 g/mol. The quantitative estimate of drug-likeness (QED) is 0.243. The lowest BCUT2D eigenvalue weighted by atomic mass is 9.83. The molecule has 10 heteroatoms. The highest BCUT2D eigenvalue weighted by atomic mass is 16.5. The number of Topliss-reactive ketones (excluding diaryl/α,β-unsaturated/α-hetero) is 1. The van der Waals surface area contributed by atoms with E-state index in [-0.39, 0.29) is 34.6 Å². The van der Waals surface area contributed by atoms with Crippen LogP contribution >= 0.6 is 0 Å². The maximum absolute atomic E-state index is 13.6. The van der Waals surface area contributed by atoms with E-state index in [0.29, 0.717) is 27.7 Å². The van der Waals surface area contributed by atoms with Gasteiger partial charge in [-0.05, 0) is 37.4 Å². The number of benzene rings is 2. The van der Waals surface area contributed by atoms with Gasteiger partial charge in [0, 0.05) is 47.0 Å². The van der Waals surface area contributed by atoms with Crippen LogP contribution in [0.25, 0.3) is 10.9 Å². The number of hydrogen-bond acceptors (Lipinski definition) is 9. The number of aromatic nitrogens is 2. The van der Waals surface area contributed by atoms with E-state index in [1.165, 1.54) is 24.7 Å². The number of hydrogen-bond donors (Lipinski definition) is 3. The van der Waals surface area contributed by atoms with E-state index >= 15 is 0 Å². The van der Waals surface area contributed by atoms with Gasteiger partial charge >= 0.3 is 5.97 Å². The first kappa shape index (κ1) is 26.9. The molecule has 0 saturated heterocycles. The summed E-state index contributed by atoms with van der Waals surface area (Å²) < 4.78 is 12.3. The van der Waals surface area contributed by atoms with Crippen LogP contribution in [0.5, 0.6) is 17.2 Å². The van der Waals surface area contributed by atoms with Gasteiger partial charge in [-0.25, -0.2) is 0 Å². The Bertz CT molecular complexity index is 1760. The van der Waals surface area contributed by atoms with Crippen LogP contribution in [0.2, 0.25) is 0 Å². The molecule has 4 aromatic rings. The van der Waals surface area contributed by atoms with Gasteiger partial charge in [0.05, 0.1) is 36.9 Å². The van der Waals surface area contributed by atoms with Gasteiger partial charge in [0.1, 0.15) is 23.4 Å². The Hall–Kier alpha value is -4.70. The van der Waals surface area contributed by atoms with Crippen molar-refractivity contribution >= 4 is 22.7 Å². The number of carbonyl (C=O) groups excluding carboxylic acids is 2. The van der Waals surface area contributed by atoms with Crippen molar-refractivity contribution in [3.8, 4) is 17.2 Å². The van der Waals surface area contributed by atoms with Gasteiger partial charge in [0.25, 0.3) is 5.56 Å². The molecule has 0 fully saturated rings. The van der Waals surface area contributed by atoms with Crippen molar-refractivity contribution in [2.24, 2.45) is 7.05 Å². The van der Waals surface area contributed by atoms with Crippen LogP contribution in [0.4, 0.5) is 0 Å². The molecule has 2 aromatic carbocycles. The van der Waals surface area contributed by atoms with Gasteiger partial charge in [0.15, 0.2) is 5.78 Å². The van der Waals surface area contributed by atoms with Crippen molar-refractivity contribution in [3.63, 3.8) is 0 Å². The number of aryl methyl sites for hydroxylation is 2. The van der Waals surface area contributed by atoms with Gasteiger partial charge in [-0.2, -0.15) is 0 Å². The number of pyridine rings is 2. The van der Waals surface area contributed by atoms with Crippen LogP contribution in [0.3, 0.4) is 0 Å². The minimum atomic E-state index is -1.19. The number of methoxy groups -OCH3 is 1. The van der Waals surface area contributed by atoms with Crippen LogP contribution in [-0.4, -0.2) is 43.7 Å². The summed E-state index contributed by atoms with van der Waals surface area (Å²) in [4.78, 5) is 43.1. The third-order valence-electron chi connectivity index (χ3n) is 7.51. The SMILES string of the molecule is COC(=O)C[C@@H](c1c(O)c(C(C)=O)cc([C@@H]2OCc3cnc(C)c(O)c32)c1O)c1cc2ccccc2n(C)c1=O. The Morgan fingerprint density at radius 1 is 1.15 bits per heavy atom. The average Bonchev–Trinajstić information content (AvgIpc) is 3.36. The van der Waals surface area contributed by atoms with Gasteiger partial charge in [-0.1, -0.05) is 18.2 Å². The van der Waals surface area contributed by atoms with Crippen LogP contribution in [0, 0.1) is 6.92 Å². The van der Waals surface area contributed by atoms with E-state index in [4.69, 9.17) is 9.47 Å². The third-order valence-corrected chi connectivity index (χ3v) is 7.51. The van der Waals surface area contributed by atoms with E-state index in [1.807, 2.05) is 0 Å². The molecule has 40 heavy (non-hydrogen) atoms. The monoisotopic (exact) mass is 544 g/mol. The summed E-state index contributed by atoms with van der Waals surface area (Å²) in [5.41, 5.74) is 1.38. The molecule has 0 spiro atoms. The standard InChI is InChI=1S/C30H28N2O8/c1-14-26(35)24-17(12-31-14)13-40-29(24)21-10-18(15(2)33)27(36)25(28(21)37)19(11-23(34)39-4)20-9-16-7-5-6-8-22(16)32(3)30(20)38/h5-10,12,19,29,35-37H,11,13H2,1-4H3/t19-,29+/m1/s1. The molecule has 206 valence electrons. The maximum atomic E-state index is 13.6. The molecule has 3 heterocycles. The van der Waals surface area contributed by atoms with Crippen LogP contribution in [0.1, 0.15) is 69.2 Å². The second-order valence-electron chi connectivity index (χ2n) is 9.86. The molecule has 2 atom stereocenters. The molecular formula is C30H28N2O8. The Morgan fingerprint density at radius 3 is 2.58 bits per heavy atom. The molecule has 0 unspecified atom stereocenters. The van der Waals surface area contributed by atoms with Gasteiger partial charge in [0.2, 0.25) is 0 Å². The molecule has 0 amide bonds. The summed E-state index contributed by atoms with van der Waals surface area (Å²) in [6.45, 7) is 2.96. The van der Waals surface area contributed by atoms with Crippen LogP contribution < -0.4 is 5.56 Å². The second-order valence-corrected chi connectivity index (χ2v) is 9.86. The van der Waals surface area contributed by atoms with E-state index in [0.717, 1.165) is 0 Å². The molecule has 0 aliphatic carbocycles. The molecule has 2 aromatic heterocycles. The number of ether oxygens (including phenoxy) is 2. The van der Waals surface area contributed by atoms with Crippen molar-refractivity contribution in [3.05, 3.63) is 92.0 Å². The number of ketones is 1. The van der Waals surface area contributed by atoms with Gasteiger partial charge in [-0.15, -0.1) is 0 Å². The summed E-state index contributed by atoms with van der Waals surface area (Å²) in [5, 5.41) is 34.5. The lowest BCUT2D eigenvalue weighted by molar-refractivity contribution is -0.140. The molecule has 1 aliphatic rings. The number of fused-ring (bicyclic) bond motifs is 2.